The van der Waals surface area contributed by atoms with E-state index in [0.29, 0.717) is 25.1 Å². The van der Waals surface area contributed by atoms with Gasteiger partial charge >= 0.3 is 5.97 Å². The zero-order chi connectivity index (χ0) is 12.3. The molecular weight excluding hydrogens is 216 g/mol. The van der Waals surface area contributed by atoms with Gasteiger partial charge in [-0.1, -0.05) is 0 Å². The van der Waals surface area contributed by atoms with E-state index in [1.54, 1.807) is 0 Å². The predicted octanol–water partition coefficient (Wildman–Crippen LogP) is 1.01. The number of ether oxygens (including phenoxy) is 1. The molecule has 0 aromatic rings. The molecule has 2 heterocycles. The van der Waals surface area contributed by atoms with Gasteiger partial charge in [0.05, 0.1) is 13.0 Å². The van der Waals surface area contributed by atoms with Gasteiger partial charge in [-0.15, -0.1) is 0 Å². The summed E-state index contributed by atoms with van der Waals surface area (Å²) in [6.07, 6.45) is 3.12. The van der Waals surface area contributed by atoms with Crippen LogP contribution in [0.5, 0.6) is 0 Å². The minimum absolute atomic E-state index is 0.0620. The van der Waals surface area contributed by atoms with Crippen LogP contribution in [-0.4, -0.2) is 49.2 Å². The number of rotatable bonds is 4. The minimum Gasteiger partial charge on any atom is -0.466 e. The summed E-state index contributed by atoms with van der Waals surface area (Å²) in [7, 11) is 0. The first-order chi connectivity index (χ1) is 8.22. The first-order valence-electron chi connectivity index (χ1n) is 6.84. The third-order valence-electron chi connectivity index (χ3n) is 4.05. The van der Waals surface area contributed by atoms with Gasteiger partial charge in [-0.05, 0) is 45.7 Å². The van der Waals surface area contributed by atoms with Crippen LogP contribution in [0.2, 0.25) is 0 Å². The van der Waals surface area contributed by atoms with Crippen molar-refractivity contribution in [3.8, 4) is 0 Å². The van der Waals surface area contributed by atoms with Crippen LogP contribution >= 0.6 is 0 Å². The normalized spacial score (nSPS) is 30.9. The van der Waals surface area contributed by atoms with E-state index in [4.69, 9.17) is 4.74 Å². The molecule has 4 heteroatoms. The van der Waals surface area contributed by atoms with Crippen molar-refractivity contribution in [1.29, 1.82) is 0 Å². The molecule has 0 radical (unpaired) electrons. The van der Waals surface area contributed by atoms with Crippen molar-refractivity contribution in [2.24, 2.45) is 5.92 Å². The number of likely N-dealkylation sites (tertiary alicyclic amines) is 1. The number of esters is 1. The maximum Gasteiger partial charge on any atom is 0.307 e. The number of hydrogen-bond donors (Lipinski definition) is 1. The second-order valence-electron chi connectivity index (χ2n) is 5.22. The molecule has 0 aromatic carbocycles. The van der Waals surface area contributed by atoms with Crippen LogP contribution in [0.15, 0.2) is 0 Å². The second-order valence-corrected chi connectivity index (χ2v) is 5.22. The van der Waals surface area contributed by atoms with Crippen LogP contribution in [0.25, 0.3) is 0 Å². The van der Waals surface area contributed by atoms with Crippen LogP contribution < -0.4 is 5.32 Å². The molecule has 2 saturated heterocycles. The first kappa shape index (κ1) is 12.8. The number of carbonyl (C=O) groups excluding carboxylic acids is 1. The van der Waals surface area contributed by atoms with Gasteiger partial charge in [0.25, 0.3) is 0 Å². The summed E-state index contributed by atoms with van der Waals surface area (Å²) in [6, 6.07) is 0.940. The Balaban J connectivity index is 1.89. The molecule has 4 nitrogen and oxygen atoms in total. The largest absolute Gasteiger partial charge is 0.466 e. The lowest BCUT2D eigenvalue weighted by Gasteiger charge is -2.40. The molecule has 3 atom stereocenters. The molecule has 98 valence electrons. The van der Waals surface area contributed by atoms with Gasteiger partial charge in [-0.3, -0.25) is 9.69 Å². The lowest BCUT2D eigenvalue weighted by Crippen LogP contribution is -2.50. The van der Waals surface area contributed by atoms with Crippen LogP contribution in [0.1, 0.15) is 33.1 Å². The fourth-order valence-corrected chi connectivity index (χ4v) is 3.23. The highest BCUT2D eigenvalue weighted by molar-refractivity contribution is 5.70. The van der Waals surface area contributed by atoms with Crippen molar-refractivity contribution in [2.75, 3.05) is 26.2 Å². The second kappa shape index (κ2) is 5.83. The quantitative estimate of drug-likeness (QED) is 0.745. The van der Waals surface area contributed by atoms with E-state index in [1.165, 1.54) is 12.8 Å². The Morgan fingerprint density at radius 2 is 2.35 bits per heavy atom. The Bertz CT molecular complexity index is 270. The summed E-state index contributed by atoms with van der Waals surface area (Å²) in [5.74, 6) is 0.724. The maximum atomic E-state index is 11.5. The molecule has 1 N–H and O–H groups in total. The molecule has 0 aliphatic carbocycles. The predicted molar refractivity (Wildman–Crippen MR) is 66.8 cm³/mol. The molecule has 2 aliphatic heterocycles. The summed E-state index contributed by atoms with van der Waals surface area (Å²) in [6.45, 7) is 7.85. The van der Waals surface area contributed by atoms with E-state index in [9.17, 15) is 4.79 Å². The van der Waals surface area contributed by atoms with E-state index in [2.05, 4.69) is 17.1 Å². The van der Waals surface area contributed by atoms with Crippen LogP contribution in [0, 0.1) is 5.92 Å². The standard InChI is InChI=1S/C13H24N2O2/c1-3-17-13(16)7-10(2)15-6-4-5-11-8-14-9-12(11)15/h10-12,14H,3-9H2,1-2H3. The molecular formula is C13H24N2O2. The Morgan fingerprint density at radius 3 is 3.12 bits per heavy atom. The highest BCUT2D eigenvalue weighted by Gasteiger charge is 2.37. The van der Waals surface area contributed by atoms with E-state index in [0.717, 1.165) is 25.6 Å². The third-order valence-corrected chi connectivity index (χ3v) is 4.05. The number of carbonyl (C=O) groups is 1. The summed E-state index contributed by atoms with van der Waals surface area (Å²) in [5.41, 5.74) is 0. The number of piperidine rings is 1. The summed E-state index contributed by atoms with van der Waals surface area (Å²) in [4.78, 5) is 14.0. The van der Waals surface area contributed by atoms with Gasteiger partial charge < -0.3 is 10.1 Å². The Morgan fingerprint density at radius 1 is 1.53 bits per heavy atom. The number of hydrogen-bond acceptors (Lipinski definition) is 4. The van der Waals surface area contributed by atoms with Gasteiger partial charge in [0.1, 0.15) is 0 Å². The fraction of sp³-hybridized carbons (Fsp3) is 0.923. The molecule has 2 fully saturated rings. The molecule has 0 saturated carbocycles. The average Bonchev–Trinajstić information content (AvgIpc) is 2.76. The number of nitrogens with one attached hydrogen (secondary N) is 1. The van der Waals surface area contributed by atoms with Crippen molar-refractivity contribution in [3.63, 3.8) is 0 Å². The highest BCUT2D eigenvalue weighted by Crippen LogP contribution is 2.28. The monoisotopic (exact) mass is 240 g/mol. The molecule has 3 unspecified atom stereocenters. The molecule has 2 aliphatic rings. The van der Waals surface area contributed by atoms with Crippen LogP contribution in [0.3, 0.4) is 0 Å². The van der Waals surface area contributed by atoms with Gasteiger partial charge in [0, 0.05) is 18.6 Å². The SMILES string of the molecule is CCOC(=O)CC(C)N1CCCC2CNCC21. The van der Waals surface area contributed by atoms with Gasteiger partial charge in [0.2, 0.25) is 0 Å². The van der Waals surface area contributed by atoms with E-state index in [1.807, 2.05) is 6.92 Å². The van der Waals surface area contributed by atoms with E-state index in [-0.39, 0.29) is 5.97 Å². The van der Waals surface area contributed by atoms with Crippen molar-refractivity contribution in [1.82, 2.24) is 10.2 Å². The smallest absolute Gasteiger partial charge is 0.307 e. The van der Waals surface area contributed by atoms with Gasteiger partial charge in [0.15, 0.2) is 0 Å². The average molecular weight is 240 g/mol. The Labute approximate surface area is 104 Å². The van der Waals surface area contributed by atoms with E-state index >= 15 is 0 Å². The number of fused-ring (bicyclic) bond motifs is 1. The molecule has 0 aromatic heterocycles. The van der Waals surface area contributed by atoms with Crippen LogP contribution in [0.4, 0.5) is 0 Å². The van der Waals surface area contributed by atoms with E-state index < -0.39 is 0 Å². The summed E-state index contributed by atoms with van der Waals surface area (Å²) < 4.78 is 5.03. The number of nitrogens with zero attached hydrogens (tertiary/aromatic N) is 1. The topological polar surface area (TPSA) is 41.6 Å². The lowest BCUT2D eigenvalue weighted by atomic mass is 9.90. The highest BCUT2D eigenvalue weighted by atomic mass is 16.5. The zero-order valence-corrected chi connectivity index (χ0v) is 10.9. The maximum absolute atomic E-state index is 11.5. The Kier molecular flexibility index (Phi) is 4.40. The van der Waals surface area contributed by atoms with Gasteiger partial charge in [-0.2, -0.15) is 0 Å². The van der Waals surface area contributed by atoms with Crippen molar-refractivity contribution >= 4 is 5.97 Å². The van der Waals surface area contributed by atoms with Gasteiger partial charge in [-0.25, -0.2) is 0 Å². The van der Waals surface area contributed by atoms with Crippen molar-refractivity contribution in [2.45, 2.75) is 45.2 Å². The fourth-order valence-electron chi connectivity index (χ4n) is 3.23. The molecule has 0 bridgehead atoms. The third kappa shape index (κ3) is 2.99. The summed E-state index contributed by atoms with van der Waals surface area (Å²) in [5, 5.41) is 3.47. The molecule has 0 amide bonds. The minimum atomic E-state index is -0.0620. The molecule has 0 spiro atoms. The van der Waals surface area contributed by atoms with Crippen LogP contribution in [-0.2, 0) is 9.53 Å². The lowest BCUT2D eigenvalue weighted by molar-refractivity contribution is -0.144. The van der Waals surface area contributed by atoms with Crippen molar-refractivity contribution < 1.29 is 9.53 Å². The molecule has 17 heavy (non-hydrogen) atoms. The van der Waals surface area contributed by atoms with Crippen molar-refractivity contribution in [3.05, 3.63) is 0 Å². The molecule has 2 rings (SSSR count). The summed E-state index contributed by atoms with van der Waals surface area (Å²) >= 11 is 0. The Hall–Kier alpha value is -0.610. The zero-order valence-electron chi connectivity index (χ0n) is 10.9. The first-order valence-corrected chi connectivity index (χ1v) is 6.84.